The smallest absolute Gasteiger partial charge is 0.265 e. The number of aromatic hydroxyl groups is 1. The molecule has 0 saturated heterocycles. The maximum absolute atomic E-state index is 13.3. The van der Waals surface area contributed by atoms with Crippen molar-refractivity contribution in [3.63, 3.8) is 0 Å². The number of methoxy groups -OCH3 is 1. The zero-order chi connectivity index (χ0) is 22.4. The lowest BCUT2D eigenvalue weighted by atomic mass is 10.0. The highest BCUT2D eigenvalue weighted by molar-refractivity contribution is 5.96. The van der Waals surface area contributed by atoms with Crippen molar-refractivity contribution in [1.82, 2.24) is 0 Å². The molecule has 0 radical (unpaired) electrons. The molecular formula is C26H29NO4. The number of para-hydroxylation sites is 3. The van der Waals surface area contributed by atoms with Gasteiger partial charge in [-0.05, 0) is 48.2 Å². The van der Waals surface area contributed by atoms with Gasteiger partial charge >= 0.3 is 0 Å². The minimum atomic E-state index is -0.232. The predicted molar refractivity (Wildman–Crippen MR) is 123 cm³/mol. The van der Waals surface area contributed by atoms with E-state index in [0.29, 0.717) is 22.7 Å². The number of carbonyl (C=O) groups excluding carboxylic acids is 1. The predicted octanol–water partition coefficient (Wildman–Crippen LogP) is 5.44. The fourth-order valence-corrected chi connectivity index (χ4v) is 3.44. The van der Waals surface area contributed by atoms with Crippen molar-refractivity contribution in [3.05, 3.63) is 83.4 Å². The zero-order valence-electron chi connectivity index (χ0n) is 18.5. The molecule has 0 aromatic heterocycles. The second kappa shape index (κ2) is 10.0. The van der Waals surface area contributed by atoms with E-state index in [1.165, 1.54) is 0 Å². The largest absolute Gasteiger partial charge is 0.508 e. The first-order valence-corrected chi connectivity index (χ1v) is 10.3. The Labute approximate surface area is 183 Å². The highest BCUT2D eigenvalue weighted by atomic mass is 16.5. The molecule has 0 aliphatic heterocycles. The highest BCUT2D eigenvalue weighted by Gasteiger charge is 2.22. The lowest BCUT2D eigenvalue weighted by Crippen LogP contribution is -2.35. The van der Waals surface area contributed by atoms with Crippen molar-refractivity contribution in [2.45, 2.75) is 33.2 Å². The molecule has 1 amide bonds. The first-order chi connectivity index (χ1) is 14.9. The van der Waals surface area contributed by atoms with Crippen LogP contribution in [0.2, 0.25) is 0 Å². The molecule has 3 rings (SSSR count). The average molecular weight is 420 g/mol. The van der Waals surface area contributed by atoms with Gasteiger partial charge in [0.2, 0.25) is 0 Å². The molecule has 0 bridgehead atoms. The maximum atomic E-state index is 13.3. The van der Waals surface area contributed by atoms with Gasteiger partial charge in [-0.25, -0.2) is 0 Å². The van der Waals surface area contributed by atoms with Crippen molar-refractivity contribution in [2.24, 2.45) is 0 Å². The summed E-state index contributed by atoms with van der Waals surface area (Å²) in [6.45, 7) is 6.25. The summed E-state index contributed by atoms with van der Waals surface area (Å²) in [5.41, 5.74) is 3.39. The number of phenols is 1. The molecule has 162 valence electrons. The second-order valence-corrected chi connectivity index (χ2v) is 7.77. The Kier molecular flexibility index (Phi) is 7.19. The molecule has 0 saturated carbocycles. The summed E-state index contributed by atoms with van der Waals surface area (Å²) in [6.07, 6.45) is 0. The van der Waals surface area contributed by atoms with E-state index in [1.54, 1.807) is 36.3 Å². The topological polar surface area (TPSA) is 59.0 Å². The van der Waals surface area contributed by atoms with Gasteiger partial charge in [0.05, 0.1) is 19.3 Å². The molecule has 5 heteroatoms. The number of benzene rings is 3. The van der Waals surface area contributed by atoms with Crippen LogP contribution in [0.1, 0.15) is 36.5 Å². The lowest BCUT2D eigenvalue weighted by molar-refractivity contribution is -0.120. The number of hydrogen-bond acceptors (Lipinski definition) is 4. The Balaban J connectivity index is 1.90. The van der Waals surface area contributed by atoms with Crippen molar-refractivity contribution >= 4 is 11.6 Å². The van der Waals surface area contributed by atoms with Gasteiger partial charge in [0.25, 0.3) is 5.91 Å². The summed E-state index contributed by atoms with van der Waals surface area (Å²) in [4.78, 5) is 14.9. The van der Waals surface area contributed by atoms with E-state index < -0.39 is 0 Å². The van der Waals surface area contributed by atoms with E-state index in [1.807, 2.05) is 49.4 Å². The van der Waals surface area contributed by atoms with Gasteiger partial charge in [-0.15, -0.1) is 0 Å². The summed E-state index contributed by atoms with van der Waals surface area (Å²) in [7, 11) is 1.57. The van der Waals surface area contributed by atoms with Crippen molar-refractivity contribution < 1.29 is 19.4 Å². The number of anilines is 1. The van der Waals surface area contributed by atoms with Crippen LogP contribution in [-0.2, 0) is 11.3 Å². The normalized spacial score (nSPS) is 10.7. The first-order valence-electron chi connectivity index (χ1n) is 10.3. The third-order valence-corrected chi connectivity index (χ3v) is 5.14. The van der Waals surface area contributed by atoms with Crippen LogP contribution in [-0.4, -0.2) is 24.7 Å². The van der Waals surface area contributed by atoms with Crippen molar-refractivity contribution in [1.29, 1.82) is 0 Å². The first kappa shape index (κ1) is 22.2. The van der Waals surface area contributed by atoms with Gasteiger partial charge in [-0.3, -0.25) is 4.79 Å². The van der Waals surface area contributed by atoms with E-state index in [4.69, 9.17) is 9.47 Å². The lowest BCUT2D eigenvalue weighted by Gasteiger charge is -2.25. The SMILES string of the molecule is COc1ccccc1N(Cc1ccccc1O)C(=O)COc1cc(C)ccc1C(C)C. The summed E-state index contributed by atoms with van der Waals surface area (Å²) in [6, 6.07) is 20.4. The zero-order valence-corrected chi connectivity index (χ0v) is 18.5. The van der Waals surface area contributed by atoms with Crippen molar-refractivity contribution in [3.8, 4) is 17.2 Å². The molecule has 0 atom stereocenters. The van der Waals surface area contributed by atoms with Gasteiger partial charge in [-0.2, -0.15) is 0 Å². The number of nitrogens with zero attached hydrogens (tertiary/aromatic N) is 1. The molecule has 0 unspecified atom stereocenters. The third-order valence-electron chi connectivity index (χ3n) is 5.14. The second-order valence-electron chi connectivity index (χ2n) is 7.77. The molecule has 0 spiro atoms. The quantitative estimate of drug-likeness (QED) is 0.528. The molecule has 1 N–H and O–H groups in total. The maximum Gasteiger partial charge on any atom is 0.265 e. The summed E-state index contributed by atoms with van der Waals surface area (Å²) in [5.74, 6) is 1.47. The summed E-state index contributed by atoms with van der Waals surface area (Å²) < 4.78 is 11.5. The minimum absolute atomic E-state index is 0.130. The number of carbonyl (C=O) groups is 1. The van der Waals surface area contributed by atoms with Crippen LogP contribution >= 0.6 is 0 Å². The monoisotopic (exact) mass is 419 g/mol. The van der Waals surface area contributed by atoms with E-state index in [0.717, 1.165) is 11.1 Å². The molecule has 3 aromatic carbocycles. The Bertz CT molecular complexity index is 1050. The van der Waals surface area contributed by atoms with Crippen LogP contribution in [0.4, 0.5) is 5.69 Å². The number of aryl methyl sites for hydroxylation is 1. The Morgan fingerprint density at radius 3 is 2.42 bits per heavy atom. The Hall–Kier alpha value is -3.47. The Morgan fingerprint density at radius 1 is 1.00 bits per heavy atom. The highest BCUT2D eigenvalue weighted by Crippen LogP contribution is 2.31. The Morgan fingerprint density at radius 2 is 1.71 bits per heavy atom. The van der Waals surface area contributed by atoms with Gasteiger partial charge in [0, 0.05) is 5.56 Å². The summed E-state index contributed by atoms with van der Waals surface area (Å²) in [5, 5.41) is 10.3. The fraction of sp³-hybridized carbons (Fsp3) is 0.269. The number of phenolic OH excluding ortho intramolecular Hbond substituents is 1. The molecular weight excluding hydrogens is 390 g/mol. The molecule has 31 heavy (non-hydrogen) atoms. The standard InChI is InChI=1S/C26H29NO4/c1-18(2)21-14-13-19(3)15-25(21)31-17-26(29)27(16-20-9-5-7-11-23(20)28)22-10-6-8-12-24(22)30-4/h5-15,18,28H,16-17H2,1-4H3. The number of ether oxygens (including phenoxy) is 2. The third kappa shape index (κ3) is 5.37. The number of amides is 1. The molecule has 5 nitrogen and oxygen atoms in total. The fourth-order valence-electron chi connectivity index (χ4n) is 3.44. The van der Waals surface area contributed by atoms with Gasteiger partial charge in [-0.1, -0.05) is 56.3 Å². The van der Waals surface area contributed by atoms with Gasteiger partial charge < -0.3 is 19.5 Å². The van der Waals surface area contributed by atoms with E-state index in [2.05, 4.69) is 13.8 Å². The van der Waals surface area contributed by atoms with Crippen LogP contribution in [0.3, 0.4) is 0 Å². The van der Waals surface area contributed by atoms with Gasteiger partial charge in [0.1, 0.15) is 17.2 Å². The molecule has 3 aromatic rings. The molecule has 0 fully saturated rings. The van der Waals surface area contributed by atoms with Crippen LogP contribution < -0.4 is 14.4 Å². The van der Waals surface area contributed by atoms with Crippen LogP contribution in [0.25, 0.3) is 0 Å². The minimum Gasteiger partial charge on any atom is -0.508 e. The van der Waals surface area contributed by atoms with E-state index in [9.17, 15) is 9.90 Å². The van der Waals surface area contributed by atoms with Crippen LogP contribution in [0.15, 0.2) is 66.7 Å². The van der Waals surface area contributed by atoms with E-state index >= 15 is 0 Å². The van der Waals surface area contributed by atoms with Crippen molar-refractivity contribution in [2.75, 3.05) is 18.6 Å². The number of hydrogen-bond donors (Lipinski definition) is 1. The molecule has 0 heterocycles. The average Bonchev–Trinajstić information content (AvgIpc) is 2.76. The van der Waals surface area contributed by atoms with E-state index in [-0.39, 0.29) is 30.7 Å². The van der Waals surface area contributed by atoms with Crippen LogP contribution in [0, 0.1) is 6.92 Å². The van der Waals surface area contributed by atoms with Crippen LogP contribution in [0.5, 0.6) is 17.2 Å². The molecule has 0 aliphatic carbocycles. The van der Waals surface area contributed by atoms with Gasteiger partial charge in [0.15, 0.2) is 6.61 Å². The molecule has 0 aliphatic rings. The number of rotatable bonds is 8. The summed E-state index contributed by atoms with van der Waals surface area (Å²) >= 11 is 0.